The van der Waals surface area contributed by atoms with Crippen LogP contribution < -0.4 is 14.8 Å². The molecule has 1 N–H and O–H groups in total. The van der Waals surface area contributed by atoms with Crippen LogP contribution in [0.4, 0.5) is 5.69 Å². The van der Waals surface area contributed by atoms with Crippen LogP contribution in [0.2, 0.25) is 0 Å². The number of carbonyl (C=O) groups is 3. The minimum atomic E-state index is -3.65. The summed E-state index contributed by atoms with van der Waals surface area (Å²) in [5, 5.41) is 2.53. The van der Waals surface area contributed by atoms with Crippen LogP contribution in [-0.4, -0.2) is 57.1 Å². The summed E-state index contributed by atoms with van der Waals surface area (Å²) in [4.78, 5) is 37.8. The van der Waals surface area contributed by atoms with Gasteiger partial charge in [0.25, 0.3) is 11.8 Å². The van der Waals surface area contributed by atoms with Gasteiger partial charge in [-0.2, -0.15) is 0 Å². The van der Waals surface area contributed by atoms with E-state index in [2.05, 4.69) is 5.32 Å². The molecule has 3 amide bonds. The number of ether oxygens (including phenoxy) is 2. The number of rotatable bonds is 9. The van der Waals surface area contributed by atoms with Gasteiger partial charge in [-0.15, -0.1) is 0 Å². The van der Waals surface area contributed by atoms with Crippen molar-refractivity contribution in [2.45, 2.75) is 19.6 Å². The number of fused-ring (bicyclic) bond motifs is 1. The monoisotopic (exact) mass is 460 g/mol. The number of amides is 3. The van der Waals surface area contributed by atoms with Gasteiger partial charge >= 0.3 is 0 Å². The van der Waals surface area contributed by atoms with Crippen LogP contribution in [0, 0.1) is 0 Å². The van der Waals surface area contributed by atoms with Gasteiger partial charge < -0.3 is 14.8 Å². The average molecular weight is 461 g/mol. The summed E-state index contributed by atoms with van der Waals surface area (Å²) in [7, 11) is -2.16. The van der Waals surface area contributed by atoms with E-state index in [0.29, 0.717) is 23.7 Å². The van der Waals surface area contributed by atoms with E-state index in [1.54, 1.807) is 24.3 Å². The number of hydrogen-bond donors (Lipinski definition) is 1. The van der Waals surface area contributed by atoms with E-state index in [4.69, 9.17) is 9.47 Å². The number of nitrogens with zero attached hydrogens (tertiary/aromatic N) is 1. The Morgan fingerprint density at radius 2 is 1.84 bits per heavy atom. The van der Waals surface area contributed by atoms with Crippen molar-refractivity contribution in [1.82, 2.24) is 4.90 Å². The fourth-order valence-electron chi connectivity index (χ4n) is 3.47. The number of sulfone groups is 1. The van der Waals surface area contributed by atoms with Gasteiger partial charge in [-0.05, 0) is 36.8 Å². The molecule has 1 aliphatic rings. The van der Waals surface area contributed by atoms with Gasteiger partial charge in [0, 0.05) is 13.5 Å². The van der Waals surface area contributed by atoms with Crippen LogP contribution in [0.5, 0.6) is 11.5 Å². The summed E-state index contributed by atoms with van der Waals surface area (Å²) in [5.41, 5.74) is 0.932. The molecule has 1 aliphatic heterocycles. The summed E-state index contributed by atoms with van der Waals surface area (Å²) in [6, 6.07) is 9.40. The normalized spacial score (nSPS) is 13.2. The number of methoxy groups -OCH3 is 1. The summed E-state index contributed by atoms with van der Waals surface area (Å²) in [6.07, 6.45) is 0. The number of imide groups is 1. The molecule has 0 aliphatic carbocycles. The molecule has 2 aromatic carbocycles. The number of carbonyl (C=O) groups excluding carboxylic acids is 3. The summed E-state index contributed by atoms with van der Waals surface area (Å²) in [6.45, 7) is 3.21. The standard InChI is InChI=1S/C22H24N2O7S/c1-4-31-19-12-15(8-9-18(19)30-3)13-32(28,29)11-10-24-21(26)16-6-5-7-17(23-14(2)25)20(16)22(24)27/h5-9,12H,4,10-11,13H2,1-3H3,(H,23,25). The van der Waals surface area contributed by atoms with Gasteiger partial charge in [0.05, 0.1) is 42.0 Å². The van der Waals surface area contributed by atoms with Gasteiger partial charge in [-0.3, -0.25) is 19.3 Å². The third kappa shape index (κ3) is 4.91. The summed E-state index contributed by atoms with van der Waals surface area (Å²) < 4.78 is 36.1. The first-order valence-corrected chi connectivity index (χ1v) is 11.8. The molecule has 0 spiro atoms. The maximum Gasteiger partial charge on any atom is 0.263 e. The molecule has 0 aromatic heterocycles. The van der Waals surface area contributed by atoms with Crippen LogP contribution in [0.15, 0.2) is 36.4 Å². The molecule has 0 saturated heterocycles. The Bertz CT molecular complexity index is 1170. The highest BCUT2D eigenvalue weighted by molar-refractivity contribution is 7.90. The molecular formula is C22H24N2O7S. The van der Waals surface area contributed by atoms with E-state index in [9.17, 15) is 22.8 Å². The smallest absolute Gasteiger partial charge is 0.263 e. The molecule has 0 atom stereocenters. The van der Waals surface area contributed by atoms with Crippen LogP contribution in [-0.2, 0) is 20.4 Å². The number of hydrogen-bond acceptors (Lipinski definition) is 7. The first-order valence-electron chi connectivity index (χ1n) is 9.93. The first-order chi connectivity index (χ1) is 15.2. The third-order valence-corrected chi connectivity index (χ3v) is 6.43. The molecule has 0 unspecified atom stereocenters. The minimum absolute atomic E-state index is 0.0709. The fourth-order valence-corrected chi connectivity index (χ4v) is 4.76. The van der Waals surface area contributed by atoms with Crippen molar-refractivity contribution in [3.8, 4) is 11.5 Å². The SMILES string of the molecule is CCOc1cc(CS(=O)(=O)CCN2C(=O)c3cccc(NC(C)=O)c3C2=O)ccc1OC. The largest absolute Gasteiger partial charge is 0.493 e. The number of anilines is 1. The van der Waals surface area contributed by atoms with Crippen molar-refractivity contribution in [3.05, 3.63) is 53.1 Å². The molecule has 32 heavy (non-hydrogen) atoms. The lowest BCUT2D eigenvalue weighted by molar-refractivity contribution is -0.114. The van der Waals surface area contributed by atoms with Gasteiger partial charge in [-0.1, -0.05) is 12.1 Å². The van der Waals surface area contributed by atoms with E-state index < -0.39 is 27.4 Å². The topological polar surface area (TPSA) is 119 Å². The van der Waals surface area contributed by atoms with Gasteiger partial charge in [0.15, 0.2) is 21.3 Å². The Hall–Kier alpha value is -3.40. The van der Waals surface area contributed by atoms with Crippen LogP contribution in [0.25, 0.3) is 0 Å². The summed E-state index contributed by atoms with van der Waals surface area (Å²) >= 11 is 0. The molecule has 9 nitrogen and oxygen atoms in total. The van der Waals surface area contributed by atoms with Crippen LogP contribution >= 0.6 is 0 Å². The molecule has 10 heteroatoms. The Kier molecular flexibility index (Phi) is 6.83. The Morgan fingerprint density at radius 1 is 1.09 bits per heavy atom. The molecule has 0 radical (unpaired) electrons. The van der Waals surface area contributed by atoms with Gasteiger partial charge in [0.2, 0.25) is 5.91 Å². The van der Waals surface area contributed by atoms with E-state index in [-0.39, 0.29) is 35.0 Å². The maximum atomic E-state index is 12.8. The second-order valence-corrected chi connectivity index (χ2v) is 9.37. The van der Waals surface area contributed by atoms with E-state index in [0.717, 1.165) is 4.90 Å². The molecule has 0 bridgehead atoms. The zero-order valence-corrected chi connectivity index (χ0v) is 18.8. The molecule has 1 heterocycles. The fraction of sp³-hybridized carbons (Fsp3) is 0.318. The maximum absolute atomic E-state index is 12.8. The lowest BCUT2D eigenvalue weighted by atomic mass is 10.1. The lowest BCUT2D eigenvalue weighted by Crippen LogP contribution is -2.34. The average Bonchev–Trinajstić information content (AvgIpc) is 2.97. The second-order valence-electron chi connectivity index (χ2n) is 7.18. The molecule has 170 valence electrons. The predicted octanol–water partition coefficient (Wildman–Crippen LogP) is 2.26. The highest BCUT2D eigenvalue weighted by Gasteiger charge is 2.38. The van der Waals surface area contributed by atoms with E-state index in [1.165, 1.54) is 26.2 Å². The zero-order chi connectivity index (χ0) is 23.5. The molecule has 0 saturated carbocycles. The Balaban J connectivity index is 1.73. The highest BCUT2D eigenvalue weighted by atomic mass is 32.2. The number of benzene rings is 2. The van der Waals surface area contributed by atoms with E-state index in [1.807, 2.05) is 6.92 Å². The Morgan fingerprint density at radius 3 is 2.50 bits per heavy atom. The van der Waals surface area contributed by atoms with Crippen LogP contribution in [0.1, 0.15) is 40.1 Å². The van der Waals surface area contributed by atoms with Crippen molar-refractivity contribution >= 4 is 33.2 Å². The van der Waals surface area contributed by atoms with Gasteiger partial charge in [-0.25, -0.2) is 8.42 Å². The van der Waals surface area contributed by atoms with Gasteiger partial charge in [0.1, 0.15) is 0 Å². The number of nitrogens with one attached hydrogen (secondary N) is 1. The van der Waals surface area contributed by atoms with Crippen molar-refractivity contribution in [3.63, 3.8) is 0 Å². The van der Waals surface area contributed by atoms with Crippen molar-refractivity contribution in [2.24, 2.45) is 0 Å². The third-order valence-electron chi connectivity index (χ3n) is 4.85. The van der Waals surface area contributed by atoms with Crippen molar-refractivity contribution in [2.75, 3.05) is 31.3 Å². The van der Waals surface area contributed by atoms with Crippen LogP contribution in [0.3, 0.4) is 0 Å². The zero-order valence-electron chi connectivity index (χ0n) is 18.0. The lowest BCUT2D eigenvalue weighted by Gasteiger charge is -2.15. The Labute approximate surface area is 186 Å². The first kappa shape index (κ1) is 23.3. The minimum Gasteiger partial charge on any atom is -0.493 e. The molecule has 2 aromatic rings. The predicted molar refractivity (Wildman–Crippen MR) is 118 cm³/mol. The summed E-state index contributed by atoms with van der Waals surface area (Å²) in [5.74, 6) is -1.35. The highest BCUT2D eigenvalue weighted by Crippen LogP contribution is 2.30. The van der Waals surface area contributed by atoms with Crippen molar-refractivity contribution < 1.29 is 32.3 Å². The quantitative estimate of drug-likeness (QED) is 0.570. The van der Waals surface area contributed by atoms with Crippen molar-refractivity contribution in [1.29, 1.82) is 0 Å². The molecule has 0 fully saturated rings. The van der Waals surface area contributed by atoms with E-state index >= 15 is 0 Å². The molecule has 3 rings (SSSR count). The molecular weight excluding hydrogens is 436 g/mol. The second kappa shape index (κ2) is 9.39.